The molecule has 2 aromatic heterocycles. The molecule has 0 radical (unpaired) electrons. The zero-order chi connectivity index (χ0) is 18.6. The average molecular weight is 385 g/mol. The quantitative estimate of drug-likeness (QED) is 0.854. The summed E-state index contributed by atoms with van der Waals surface area (Å²) < 4.78 is 0. The molecule has 1 N–H and O–H groups in total. The van der Waals surface area contributed by atoms with Crippen LogP contribution in [-0.4, -0.2) is 41.9 Å². The summed E-state index contributed by atoms with van der Waals surface area (Å²) in [5.74, 6) is 1.34. The van der Waals surface area contributed by atoms with E-state index < -0.39 is 0 Å². The standard InChI is InChI=1S/C21H25ClN4O/c22-18-14-24-16(12-20(27)15-5-4-8-23-13-15)11-17(18)19-6-3-7-21(25-19)26-9-1-2-10-26/h3,6-7,11,14-15,23H,1-2,4-5,8-10,12-13H2/t15-/m1/s1. The van der Waals surface area contributed by atoms with Crippen LogP contribution in [0.3, 0.4) is 0 Å². The minimum atomic E-state index is 0.0938. The van der Waals surface area contributed by atoms with Crippen LogP contribution < -0.4 is 10.2 Å². The average Bonchev–Trinajstić information content (AvgIpc) is 3.25. The van der Waals surface area contributed by atoms with Gasteiger partial charge in [0.05, 0.1) is 10.7 Å². The van der Waals surface area contributed by atoms with Crippen molar-refractivity contribution in [3.8, 4) is 11.3 Å². The summed E-state index contributed by atoms with van der Waals surface area (Å²) in [4.78, 5) is 24.1. The summed E-state index contributed by atoms with van der Waals surface area (Å²) in [5, 5.41) is 3.87. The van der Waals surface area contributed by atoms with Crippen LogP contribution in [-0.2, 0) is 11.2 Å². The van der Waals surface area contributed by atoms with E-state index in [-0.39, 0.29) is 11.7 Å². The Labute approximate surface area is 165 Å². The number of hydrogen-bond acceptors (Lipinski definition) is 5. The maximum absolute atomic E-state index is 12.6. The molecule has 0 bridgehead atoms. The van der Waals surface area contributed by atoms with E-state index in [1.807, 2.05) is 24.3 Å². The molecule has 0 unspecified atom stereocenters. The predicted octanol–water partition coefficient (Wildman–Crippen LogP) is 3.51. The highest BCUT2D eigenvalue weighted by molar-refractivity contribution is 6.33. The number of piperidine rings is 1. The van der Waals surface area contributed by atoms with Gasteiger partial charge in [-0.15, -0.1) is 0 Å². The lowest BCUT2D eigenvalue weighted by Crippen LogP contribution is -2.35. The molecule has 2 saturated heterocycles. The fourth-order valence-electron chi connectivity index (χ4n) is 3.92. The highest BCUT2D eigenvalue weighted by Crippen LogP contribution is 2.29. The molecule has 2 fully saturated rings. The molecular weight excluding hydrogens is 360 g/mol. The Morgan fingerprint density at radius 1 is 1.26 bits per heavy atom. The lowest BCUT2D eigenvalue weighted by molar-refractivity contribution is -0.122. The number of nitrogens with zero attached hydrogens (tertiary/aromatic N) is 3. The lowest BCUT2D eigenvalue weighted by atomic mass is 9.92. The highest BCUT2D eigenvalue weighted by atomic mass is 35.5. The summed E-state index contributed by atoms with van der Waals surface area (Å²) in [6.07, 6.45) is 6.44. The van der Waals surface area contributed by atoms with E-state index >= 15 is 0 Å². The highest BCUT2D eigenvalue weighted by Gasteiger charge is 2.22. The van der Waals surface area contributed by atoms with Crippen molar-refractivity contribution in [2.45, 2.75) is 32.1 Å². The van der Waals surface area contributed by atoms with Gasteiger partial charge in [-0.05, 0) is 50.4 Å². The summed E-state index contributed by atoms with van der Waals surface area (Å²) in [6, 6.07) is 7.96. The van der Waals surface area contributed by atoms with Crippen molar-refractivity contribution < 1.29 is 4.79 Å². The summed E-state index contributed by atoms with van der Waals surface area (Å²) in [5.41, 5.74) is 2.44. The van der Waals surface area contributed by atoms with E-state index in [1.165, 1.54) is 12.8 Å². The predicted molar refractivity (Wildman–Crippen MR) is 108 cm³/mol. The van der Waals surface area contributed by atoms with Crippen LogP contribution in [0.15, 0.2) is 30.5 Å². The van der Waals surface area contributed by atoms with Crippen molar-refractivity contribution in [1.82, 2.24) is 15.3 Å². The molecule has 2 aliphatic heterocycles. The molecule has 6 heteroatoms. The van der Waals surface area contributed by atoms with Crippen molar-refractivity contribution in [2.75, 3.05) is 31.1 Å². The molecule has 4 heterocycles. The van der Waals surface area contributed by atoms with E-state index in [1.54, 1.807) is 6.20 Å². The molecule has 142 valence electrons. The third-order valence-electron chi connectivity index (χ3n) is 5.46. The van der Waals surface area contributed by atoms with Gasteiger partial charge in [0.15, 0.2) is 0 Å². The smallest absolute Gasteiger partial charge is 0.143 e. The van der Waals surface area contributed by atoms with E-state index in [0.29, 0.717) is 11.4 Å². The van der Waals surface area contributed by atoms with Gasteiger partial charge in [-0.1, -0.05) is 17.7 Å². The second-order valence-electron chi connectivity index (χ2n) is 7.42. The SMILES string of the molecule is O=C(Cc1cc(-c2cccc(N3CCCC3)n2)c(Cl)cn1)[C@@H]1CCCNC1. The molecule has 2 aromatic rings. The van der Waals surface area contributed by atoms with Crippen LogP contribution in [0.2, 0.25) is 5.02 Å². The van der Waals surface area contributed by atoms with Gasteiger partial charge in [0.2, 0.25) is 0 Å². The zero-order valence-electron chi connectivity index (χ0n) is 15.5. The van der Waals surface area contributed by atoms with E-state index in [9.17, 15) is 4.79 Å². The largest absolute Gasteiger partial charge is 0.357 e. The number of halogens is 1. The third kappa shape index (κ3) is 4.30. The van der Waals surface area contributed by atoms with Crippen LogP contribution in [0.1, 0.15) is 31.4 Å². The Morgan fingerprint density at radius 2 is 2.11 bits per heavy atom. The topological polar surface area (TPSA) is 58.1 Å². The van der Waals surface area contributed by atoms with Crippen molar-refractivity contribution in [3.05, 3.63) is 41.2 Å². The number of aromatic nitrogens is 2. The number of nitrogens with one attached hydrogen (secondary N) is 1. The summed E-state index contributed by atoms with van der Waals surface area (Å²) >= 11 is 6.42. The van der Waals surface area contributed by atoms with Gasteiger partial charge in [-0.25, -0.2) is 4.98 Å². The van der Waals surface area contributed by atoms with Crippen LogP contribution in [0.4, 0.5) is 5.82 Å². The first kappa shape index (κ1) is 18.4. The maximum Gasteiger partial charge on any atom is 0.143 e. The Hall–Kier alpha value is -1.98. The van der Waals surface area contributed by atoms with E-state index in [4.69, 9.17) is 16.6 Å². The Balaban J connectivity index is 1.55. The second kappa shape index (κ2) is 8.36. The fraction of sp³-hybridized carbons (Fsp3) is 0.476. The minimum absolute atomic E-state index is 0.0938. The van der Waals surface area contributed by atoms with E-state index in [2.05, 4.69) is 15.2 Å². The number of ketones is 1. The molecule has 2 aliphatic rings. The Morgan fingerprint density at radius 3 is 2.89 bits per heavy atom. The lowest BCUT2D eigenvalue weighted by Gasteiger charge is -2.21. The molecule has 1 atom stereocenters. The van der Waals surface area contributed by atoms with Gasteiger partial charge in [0, 0.05) is 49.4 Å². The second-order valence-corrected chi connectivity index (χ2v) is 7.82. The number of carbonyl (C=O) groups is 1. The number of Topliss-reactive ketones (excluding diaryl/α,β-unsaturated/α-hetero) is 1. The van der Waals surface area contributed by atoms with Gasteiger partial charge < -0.3 is 10.2 Å². The third-order valence-corrected chi connectivity index (χ3v) is 5.76. The molecule has 5 nitrogen and oxygen atoms in total. The molecule has 0 spiro atoms. The maximum atomic E-state index is 12.6. The van der Waals surface area contributed by atoms with Crippen LogP contribution in [0, 0.1) is 5.92 Å². The van der Waals surface area contributed by atoms with Gasteiger partial charge >= 0.3 is 0 Å². The van der Waals surface area contributed by atoms with Gasteiger partial charge in [-0.3, -0.25) is 9.78 Å². The van der Waals surface area contributed by atoms with Crippen LogP contribution >= 0.6 is 11.6 Å². The van der Waals surface area contributed by atoms with Crippen LogP contribution in [0.25, 0.3) is 11.3 Å². The first-order chi connectivity index (χ1) is 13.2. The Bertz CT molecular complexity index is 814. The molecule has 27 heavy (non-hydrogen) atoms. The molecule has 0 aromatic carbocycles. The normalized spacial score (nSPS) is 20.0. The molecule has 4 rings (SSSR count). The molecular formula is C21H25ClN4O. The molecule has 0 amide bonds. The fourth-order valence-corrected chi connectivity index (χ4v) is 4.12. The van der Waals surface area contributed by atoms with Gasteiger partial charge in [0.1, 0.15) is 11.6 Å². The first-order valence-electron chi connectivity index (χ1n) is 9.81. The van der Waals surface area contributed by atoms with Crippen molar-refractivity contribution in [2.24, 2.45) is 5.92 Å². The van der Waals surface area contributed by atoms with Gasteiger partial charge in [-0.2, -0.15) is 0 Å². The summed E-state index contributed by atoms with van der Waals surface area (Å²) in [7, 11) is 0. The van der Waals surface area contributed by atoms with E-state index in [0.717, 1.165) is 61.8 Å². The zero-order valence-corrected chi connectivity index (χ0v) is 16.2. The van der Waals surface area contributed by atoms with Crippen molar-refractivity contribution >= 4 is 23.2 Å². The number of hydrogen-bond donors (Lipinski definition) is 1. The molecule has 0 aliphatic carbocycles. The molecule has 0 saturated carbocycles. The summed E-state index contributed by atoms with van der Waals surface area (Å²) in [6.45, 7) is 3.89. The monoisotopic (exact) mass is 384 g/mol. The first-order valence-corrected chi connectivity index (χ1v) is 10.2. The Kier molecular flexibility index (Phi) is 5.69. The number of anilines is 1. The van der Waals surface area contributed by atoms with Crippen molar-refractivity contribution in [1.29, 1.82) is 0 Å². The minimum Gasteiger partial charge on any atom is -0.357 e. The number of rotatable bonds is 5. The van der Waals surface area contributed by atoms with Gasteiger partial charge in [0.25, 0.3) is 0 Å². The number of carbonyl (C=O) groups excluding carboxylic acids is 1. The van der Waals surface area contributed by atoms with Crippen LogP contribution in [0.5, 0.6) is 0 Å². The van der Waals surface area contributed by atoms with Crippen molar-refractivity contribution in [3.63, 3.8) is 0 Å². The number of pyridine rings is 2.